The molecule has 0 radical (unpaired) electrons. The minimum Gasteiger partial charge on any atom is -0.393 e. The Labute approximate surface area is 116 Å². The van der Waals surface area contributed by atoms with Gasteiger partial charge in [-0.2, -0.15) is 5.10 Å². The van der Waals surface area contributed by atoms with Crippen molar-refractivity contribution in [2.75, 3.05) is 6.54 Å². The number of aliphatic hydroxyl groups is 1. The van der Waals surface area contributed by atoms with E-state index >= 15 is 0 Å². The highest BCUT2D eigenvalue weighted by Gasteiger charge is 2.21. The second-order valence-electron chi connectivity index (χ2n) is 5.64. The van der Waals surface area contributed by atoms with Crippen molar-refractivity contribution in [1.29, 1.82) is 0 Å². The highest BCUT2D eigenvalue weighted by molar-refractivity contribution is 5.02. The van der Waals surface area contributed by atoms with Crippen molar-refractivity contribution in [2.45, 2.75) is 64.6 Å². The first-order chi connectivity index (χ1) is 9.29. The van der Waals surface area contributed by atoms with E-state index in [1.54, 1.807) is 0 Å². The molecule has 1 aromatic heterocycles. The van der Waals surface area contributed by atoms with E-state index in [-0.39, 0.29) is 6.10 Å². The normalized spacial score (nSPS) is 23.7. The fraction of sp³-hybridized carbons (Fsp3) is 0.800. The Bertz CT molecular complexity index is 364. The third kappa shape index (κ3) is 4.62. The summed E-state index contributed by atoms with van der Waals surface area (Å²) in [6.07, 6.45) is 11.0. The molecule has 0 saturated heterocycles. The van der Waals surface area contributed by atoms with Gasteiger partial charge in [0, 0.05) is 24.8 Å². The van der Waals surface area contributed by atoms with Crippen LogP contribution >= 0.6 is 0 Å². The third-order valence-corrected chi connectivity index (χ3v) is 4.14. The molecular formula is C15H27N3O. The molecule has 19 heavy (non-hydrogen) atoms. The van der Waals surface area contributed by atoms with Crippen LogP contribution in [-0.2, 0) is 13.1 Å². The molecule has 1 heterocycles. The lowest BCUT2D eigenvalue weighted by Crippen LogP contribution is -2.25. The van der Waals surface area contributed by atoms with Crippen molar-refractivity contribution in [3.05, 3.63) is 18.0 Å². The van der Waals surface area contributed by atoms with Crippen molar-refractivity contribution >= 4 is 0 Å². The van der Waals surface area contributed by atoms with Crippen LogP contribution in [-0.4, -0.2) is 27.5 Å². The number of hydrogen-bond donors (Lipinski definition) is 2. The molecule has 2 unspecified atom stereocenters. The first-order valence-electron chi connectivity index (χ1n) is 7.69. The predicted molar refractivity (Wildman–Crippen MR) is 76.8 cm³/mol. The first-order valence-corrected chi connectivity index (χ1v) is 7.69. The lowest BCUT2D eigenvalue weighted by atomic mass is 9.83. The monoisotopic (exact) mass is 265 g/mol. The number of aliphatic hydroxyl groups excluding tert-OH is 1. The summed E-state index contributed by atoms with van der Waals surface area (Å²) in [5.74, 6) is 0.540. The number of rotatable bonds is 7. The Morgan fingerprint density at radius 3 is 3.00 bits per heavy atom. The number of nitrogens with one attached hydrogen (secondary N) is 1. The van der Waals surface area contributed by atoms with Crippen LogP contribution in [0.25, 0.3) is 0 Å². The van der Waals surface area contributed by atoms with Crippen LogP contribution in [0.3, 0.4) is 0 Å². The molecule has 1 saturated carbocycles. The predicted octanol–water partition coefficient (Wildman–Crippen LogP) is 2.32. The Morgan fingerprint density at radius 1 is 1.42 bits per heavy atom. The van der Waals surface area contributed by atoms with Gasteiger partial charge in [-0.05, 0) is 45.1 Å². The molecular weight excluding hydrogens is 238 g/mol. The molecule has 2 N–H and O–H groups in total. The Morgan fingerprint density at radius 2 is 2.26 bits per heavy atom. The second-order valence-corrected chi connectivity index (χ2v) is 5.64. The SMILES string of the molecule is CCn1cc(CNCCCC2CCCCC2O)cn1. The van der Waals surface area contributed by atoms with Gasteiger partial charge < -0.3 is 10.4 Å². The summed E-state index contributed by atoms with van der Waals surface area (Å²) in [6, 6.07) is 0. The van der Waals surface area contributed by atoms with Crippen LogP contribution in [0.5, 0.6) is 0 Å². The molecule has 1 aliphatic carbocycles. The molecule has 4 heteroatoms. The minimum atomic E-state index is -0.0449. The molecule has 2 atom stereocenters. The van der Waals surface area contributed by atoms with Gasteiger partial charge in [0.05, 0.1) is 12.3 Å². The summed E-state index contributed by atoms with van der Waals surface area (Å²) in [7, 11) is 0. The summed E-state index contributed by atoms with van der Waals surface area (Å²) >= 11 is 0. The number of aryl methyl sites for hydroxylation is 1. The van der Waals surface area contributed by atoms with Crippen molar-refractivity contribution < 1.29 is 5.11 Å². The number of nitrogens with zero attached hydrogens (tertiary/aromatic N) is 2. The van der Waals surface area contributed by atoms with Gasteiger partial charge in [-0.3, -0.25) is 4.68 Å². The van der Waals surface area contributed by atoms with E-state index in [4.69, 9.17) is 0 Å². The average Bonchev–Trinajstić information content (AvgIpc) is 2.88. The molecule has 0 spiro atoms. The Kier molecular flexibility index (Phi) is 5.86. The molecule has 1 aliphatic rings. The highest BCUT2D eigenvalue weighted by atomic mass is 16.3. The largest absolute Gasteiger partial charge is 0.393 e. The Balaban J connectivity index is 1.56. The van der Waals surface area contributed by atoms with Crippen LogP contribution in [0.4, 0.5) is 0 Å². The highest BCUT2D eigenvalue weighted by Crippen LogP contribution is 2.27. The van der Waals surface area contributed by atoms with Crippen molar-refractivity contribution in [2.24, 2.45) is 5.92 Å². The lowest BCUT2D eigenvalue weighted by molar-refractivity contribution is 0.0643. The first kappa shape index (κ1) is 14.5. The zero-order chi connectivity index (χ0) is 13.5. The molecule has 108 valence electrons. The minimum absolute atomic E-state index is 0.0449. The van der Waals surface area contributed by atoms with Gasteiger partial charge in [-0.1, -0.05) is 12.8 Å². The topological polar surface area (TPSA) is 50.1 Å². The van der Waals surface area contributed by atoms with Crippen LogP contribution in [0.2, 0.25) is 0 Å². The van der Waals surface area contributed by atoms with Gasteiger partial charge >= 0.3 is 0 Å². The summed E-state index contributed by atoms with van der Waals surface area (Å²) in [5, 5.41) is 17.6. The average molecular weight is 265 g/mol. The molecule has 1 aromatic rings. The maximum absolute atomic E-state index is 9.90. The lowest BCUT2D eigenvalue weighted by Gasteiger charge is -2.27. The molecule has 0 bridgehead atoms. The number of hydrogen-bond acceptors (Lipinski definition) is 3. The van der Waals surface area contributed by atoms with Crippen molar-refractivity contribution in [1.82, 2.24) is 15.1 Å². The van der Waals surface area contributed by atoms with Crippen molar-refractivity contribution in [3.63, 3.8) is 0 Å². The maximum Gasteiger partial charge on any atom is 0.0568 e. The zero-order valence-electron chi connectivity index (χ0n) is 12.0. The van der Waals surface area contributed by atoms with Gasteiger partial charge in [0.2, 0.25) is 0 Å². The fourth-order valence-electron chi connectivity index (χ4n) is 2.92. The van der Waals surface area contributed by atoms with Gasteiger partial charge in [0.15, 0.2) is 0 Å². The zero-order valence-corrected chi connectivity index (χ0v) is 12.0. The van der Waals surface area contributed by atoms with Crippen LogP contribution < -0.4 is 5.32 Å². The fourth-order valence-corrected chi connectivity index (χ4v) is 2.92. The molecule has 0 aromatic carbocycles. The van der Waals surface area contributed by atoms with Crippen LogP contribution in [0, 0.1) is 5.92 Å². The van der Waals surface area contributed by atoms with Gasteiger partial charge in [0.25, 0.3) is 0 Å². The Hall–Kier alpha value is -0.870. The summed E-state index contributed by atoms with van der Waals surface area (Å²) < 4.78 is 1.95. The quantitative estimate of drug-likeness (QED) is 0.744. The van der Waals surface area contributed by atoms with Crippen LogP contribution in [0.1, 0.15) is 51.0 Å². The smallest absolute Gasteiger partial charge is 0.0568 e. The van der Waals surface area contributed by atoms with Crippen molar-refractivity contribution in [3.8, 4) is 0 Å². The van der Waals surface area contributed by atoms with Gasteiger partial charge in [0.1, 0.15) is 0 Å². The van der Waals surface area contributed by atoms with E-state index < -0.39 is 0 Å². The van der Waals surface area contributed by atoms with E-state index in [1.165, 1.54) is 24.8 Å². The molecule has 4 nitrogen and oxygen atoms in total. The standard InChI is InChI=1S/C15H27N3O/c1-2-18-12-13(11-17-18)10-16-9-5-7-14-6-3-4-8-15(14)19/h11-12,14-16,19H,2-10H2,1H3. The van der Waals surface area contributed by atoms with E-state index in [9.17, 15) is 5.11 Å². The van der Waals surface area contributed by atoms with Gasteiger partial charge in [-0.15, -0.1) is 0 Å². The molecule has 0 aliphatic heterocycles. The van der Waals surface area contributed by atoms with E-state index in [1.807, 2.05) is 10.9 Å². The summed E-state index contributed by atoms with van der Waals surface area (Å²) in [6.45, 7) is 4.95. The molecule has 1 fully saturated rings. The summed E-state index contributed by atoms with van der Waals surface area (Å²) in [4.78, 5) is 0. The molecule has 2 rings (SSSR count). The maximum atomic E-state index is 9.90. The van der Waals surface area contributed by atoms with E-state index in [0.29, 0.717) is 5.92 Å². The summed E-state index contributed by atoms with van der Waals surface area (Å²) in [5.41, 5.74) is 1.25. The van der Waals surface area contributed by atoms with E-state index in [0.717, 1.165) is 38.9 Å². The van der Waals surface area contributed by atoms with Crippen LogP contribution in [0.15, 0.2) is 12.4 Å². The van der Waals surface area contributed by atoms with Gasteiger partial charge in [-0.25, -0.2) is 0 Å². The molecule has 0 amide bonds. The van der Waals surface area contributed by atoms with E-state index in [2.05, 4.69) is 23.5 Å². The number of aromatic nitrogens is 2. The third-order valence-electron chi connectivity index (χ3n) is 4.14. The second kappa shape index (κ2) is 7.65.